The van der Waals surface area contributed by atoms with E-state index in [9.17, 15) is 18.0 Å². The Hall–Kier alpha value is -2.42. The molecule has 142 valence electrons. The van der Waals surface area contributed by atoms with Gasteiger partial charge in [-0.2, -0.15) is 4.31 Å². The van der Waals surface area contributed by atoms with Gasteiger partial charge in [-0.1, -0.05) is 11.6 Å². The number of sulfonamides is 1. The van der Waals surface area contributed by atoms with E-state index in [2.05, 4.69) is 0 Å². The summed E-state index contributed by atoms with van der Waals surface area (Å²) in [6.45, 7) is 0.0237. The maximum Gasteiger partial charge on any atom is 0.261 e. The lowest BCUT2D eigenvalue weighted by Crippen LogP contribution is -2.27. The molecule has 0 fully saturated rings. The van der Waals surface area contributed by atoms with E-state index >= 15 is 0 Å². The van der Waals surface area contributed by atoms with Crippen LogP contribution in [0.4, 0.5) is 0 Å². The Morgan fingerprint density at radius 2 is 1.74 bits per heavy atom. The topological polar surface area (TPSA) is 84.0 Å². The highest BCUT2D eigenvalue weighted by Gasteiger charge is 2.34. The van der Waals surface area contributed by atoms with Crippen LogP contribution in [0.5, 0.6) is 5.75 Å². The van der Waals surface area contributed by atoms with E-state index in [-0.39, 0.29) is 22.6 Å². The van der Waals surface area contributed by atoms with Crippen LogP contribution in [0, 0.1) is 0 Å². The summed E-state index contributed by atoms with van der Waals surface area (Å²) in [5.74, 6) is -0.458. The van der Waals surface area contributed by atoms with Crippen molar-refractivity contribution in [3.63, 3.8) is 0 Å². The van der Waals surface area contributed by atoms with E-state index in [1.54, 1.807) is 18.2 Å². The van der Waals surface area contributed by atoms with E-state index in [0.717, 1.165) is 9.21 Å². The standard InChI is InChI=1S/C18H17ClN2O5S/c1-20(10-11-8-12(19)4-7-16(11)26-3)27(24,25)13-5-6-14-15(9-13)18(23)21(2)17(14)22/h4-9H,10H2,1-3H3. The van der Waals surface area contributed by atoms with E-state index in [1.807, 2.05) is 0 Å². The normalized spacial score (nSPS) is 14.0. The van der Waals surface area contributed by atoms with E-state index in [1.165, 1.54) is 39.4 Å². The molecule has 0 radical (unpaired) electrons. The average molecular weight is 409 g/mol. The van der Waals surface area contributed by atoms with Crippen molar-refractivity contribution in [2.24, 2.45) is 0 Å². The van der Waals surface area contributed by atoms with Gasteiger partial charge >= 0.3 is 0 Å². The first-order chi connectivity index (χ1) is 12.7. The number of hydrogen-bond acceptors (Lipinski definition) is 5. The number of amides is 2. The molecule has 1 heterocycles. The van der Waals surface area contributed by atoms with Crippen molar-refractivity contribution < 1.29 is 22.7 Å². The van der Waals surface area contributed by atoms with Gasteiger partial charge in [0.05, 0.1) is 23.1 Å². The Kier molecular flexibility index (Phi) is 4.98. The van der Waals surface area contributed by atoms with Crippen molar-refractivity contribution in [1.29, 1.82) is 0 Å². The number of nitrogens with zero attached hydrogens (tertiary/aromatic N) is 2. The molecule has 2 aromatic carbocycles. The van der Waals surface area contributed by atoms with E-state index < -0.39 is 21.8 Å². The third-order valence-electron chi connectivity index (χ3n) is 4.40. The quantitative estimate of drug-likeness (QED) is 0.709. The number of rotatable bonds is 5. The van der Waals surface area contributed by atoms with Gasteiger partial charge in [0.1, 0.15) is 5.75 Å². The molecule has 0 saturated carbocycles. The molecule has 0 aliphatic carbocycles. The molecule has 27 heavy (non-hydrogen) atoms. The van der Waals surface area contributed by atoms with Gasteiger partial charge in [0.2, 0.25) is 10.0 Å². The number of ether oxygens (including phenoxy) is 1. The van der Waals surface area contributed by atoms with Crippen molar-refractivity contribution in [2.75, 3.05) is 21.2 Å². The molecule has 1 aliphatic heterocycles. The molecule has 0 unspecified atom stereocenters. The molecule has 2 aromatic rings. The minimum Gasteiger partial charge on any atom is -0.496 e. The third-order valence-corrected chi connectivity index (χ3v) is 6.44. The fraction of sp³-hybridized carbons (Fsp3) is 0.222. The van der Waals surface area contributed by atoms with Crippen molar-refractivity contribution in [2.45, 2.75) is 11.4 Å². The van der Waals surface area contributed by atoms with Gasteiger partial charge in [0, 0.05) is 31.2 Å². The Morgan fingerprint density at radius 3 is 2.41 bits per heavy atom. The number of fused-ring (bicyclic) bond motifs is 1. The maximum absolute atomic E-state index is 12.9. The van der Waals surface area contributed by atoms with Crippen LogP contribution in [-0.2, 0) is 16.6 Å². The van der Waals surface area contributed by atoms with Crippen LogP contribution in [0.15, 0.2) is 41.3 Å². The predicted molar refractivity (Wildman–Crippen MR) is 99.5 cm³/mol. The second-order valence-electron chi connectivity index (χ2n) is 6.09. The fourth-order valence-electron chi connectivity index (χ4n) is 2.88. The van der Waals surface area contributed by atoms with Gasteiger partial charge in [-0.3, -0.25) is 14.5 Å². The van der Waals surface area contributed by atoms with Crippen molar-refractivity contribution in [1.82, 2.24) is 9.21 Å². The van der Waals surface area contributed by atoms with Gasteiger partial charge in [-0.05, 0) is 36.4 Å². The predicted octanol–water partition coefficient (Wildman–Crippen LogP) is 2.40. The minimum atomic E-state index is -3.90. The Labute approximate surface area is 162 Å². The van der Waals surface area contributed by atoms with Crippen LogP contribution in [-0.4, -0.2) is 50.6 Å². The van der Waals surface area contributed by atoms with Crippen LogP contribution >= 0.6 is 11.6 Å². The summed E-state index contributed by atoms with van der Waals surface area (Å²) in [5.41, 5.74) is 0.876. The number of hydrogen-bond donors (Lipinski definition) is 0. The van der Waals surface area contributed by atoms with Crippen molar-refractivity contribution >= 4 is 33.4 Å². The zero-order valence-corrected chi connectivity index (χ0v) is 16.5. The first-order valence-corrected chi connectivity index (χ1v) is 9.74. The summed E-state index contributed by atoms with van der Waals surface area (Å²) >= 11 is 6.00. The lowest BCUT2D eigenvalue weighted by Gasteiger charge is -2.19. The van der Waals surface area contributed by atoms with Crippen molar-refractivity contribution in [3.8, 4) is 5.75 Å². The maximum atomic E-state index is 12.9. The van der Waals surface area contributed by atoms with E-state index in [0.29, 0.717) is 16.3 Å². The second kappa shape index (κ2) is 6.95. The summed E-state index contributed by atoms with van der Waals surface area (Å²) in [5, 5.41) is 0.460. The summed E-state index contributed by atoms with van der Waals surface area (Å²) in [6.07, 6.45) is 0. The summed E-state index contributed by atoms with van der Waals surface area (Å²) in [7, 11) is 0.361. The molecule has 7 nitrogen and oxygen atoms in total. The van der Waals surface area contributed by atoms with Gasteiger partial charge < -0.3 is 4.74 Å². The summed E-state index contributed by atoms with van der Waals surface area (Å²) < 4.78 is 32.2. The average Bonchev–Trinajstić information content (AvgIpc) is 2.86. The molecule has 0 atom stereocenters. The Morgan fingerprint density at radius 1 is 1.07 bits per heavy atom. The van der Waals surface area contributed by atoms with Crippen LogP contribution in [0.2, 0.25) is 5.02 Å². The number of halogens is 1. The molecular weight excluding hydrogens is 392 g/mol. The van der Waals surface area contributed by atoms with Crippen LogP contribution < -0.4 is 4.74 Å². The molecule has 0 saturated heterocycles. The third kappa shape index (κ3) is 3.31. The van der Waals surface area contributed by atoms with Gasteiger partial charge in [-0.25, -0.2) is 8.42 Å². The van der Waals surface area contributed by atoms with Crippen LogP contribution in [0.25, 0.3) is 0 Å². The summed E-state index contributed by atoms with van der Waals surface area (Å²) in [6, 6.07) is 8.86. The molecule has 2 amide bonds. The van der Waals surface area contributed by atoms with E-state index in [4.69, 9.17) is 16.3 Å². The zero-order chi connectivity index (χ0) is 19.9. The number of carbonyl (C=O) groups excluding carboxylic acids is 2. The highest BCUT2D eigenvalue weighted by Crippen LogP contribution is 2.28. The van der Waals surface area contributed by atoms with Gasteiger partial charge in [-0.15, -0.1) is 0 Å². The summed E-state index contributed by atoms with van der Waals surface area (Å²) in [4.78, 5) is 25.0. The van der Waals surface area contributed by atoms with Gasteiger partial charge in [0.25, 0.3) is 11.8 Å². The zero-order valence-electron chi connectivity index (χ0n) is 14.9. The van der Waals surface area contributed by atoms with Crippen LogP contribution in [0.1, 0.15) is 26.3 Å². The molecular formula is C18H17ClN2O5S. The Bertz CT molecular complexity index is 1050. The number of methoxy groups -OCH3 is 1. The molecule has 0 N–H and O–H groups in total. The number of imide groups is 1. The molecule has 9 heteroatoms. The smallest absolute Gasteiger partial charge is 0.261 e. The highest BCUT2D eigenvalue weighted by molar-refractivity contribution is 7.89. The lowest BCUT2D eigenvalue weighted by atomic mass is 10.1. The largest absolute Gasteiger partial charge is 0.496 e. The second-order valence-corrected chi connectivity index (χ2v) is 8.58. The molecule has 0 bridgehead atoms. The lowest BCUT2D eigenvalue weighted by molar-refractivity contribution is 0.0693. The molecule has 3 rings (SSSR count). The van der Waals surface area contributed by atoms with Gasteiger partial charge in [0.15, 0.2) is 0 Å². The number of benzene rings is 2. The highest BCUT2D eigenvalue weighted by atomic mass is 35.5. The molecule has 0 spiro atoms. The van der Waals surface area contributed by atoms with Crippen molar-refractivity contribution in [3.05, 3.63) is 58.1 Å². The Balaban J connectivity index is 1.95. The fourth-order valence-corrected chi connectivity index (χ4v) is 4.25. The SMILES string of the molecule is COc1ccc(Cl)cc1CN(C)S(=O)(=O)c1ccc2c(c1)C(=O)N(C)C2=O. The monoisotopic (exact) mass is 408 g/mol. The number of carbonyl (C=O) groups is 2. The molecule has 1 aliphatic rings. The molecule has 0 aromatic heterocycles. The minimum absolute atomic E-state index is 0.0237. The van der Waals surface area contributed by atoms with Crippen LogP contribution in [0.3, 0.4) is 0 Å². The first kappa shape index (κ1) is 19.3. The first-order valence-electron chi connectivity index (χ1n) is 7.92.